The van der Waals surface area contributed by atoms with E-state index < -0.39 is 31.7 Å². The zero-order valence-corrected chi connectivity index (χ0v) is 12.3. The Morgan fingerprint density at radius 2 is 1.81 bits per heavy atom. The molecule has 9 heteroatoms. The molecule has 0 aliphatic carbocycles. The maximum absolute atomic E-state index is 12.0. The van der Waals surface area contributed by atoms with Crippen molar-refractivity contribution in [3.8, 4) is 5.75 Å². The SMILES string of the molecule is CCC(C)OP(=O)(O)C(O)c1ccc(OC(F)(F)F)cc1. The average molecular weight is 328 g/mol. The fourth-order valence-corrected chi connectivity index (χ4v) is 2.75. The quantitative estimate of drug-likeness (QED) is 0.781. The number of benzene rings is 1. The lowest BCUT2D eigenvalue weighted by molar-refractivity contribution is -0.274. The molecule has 1 aromatic rings. The first-order valence-corrected chi connectivity index (χ1v) is 7.74. The standard InChI is InChI=1S/C12H16F3O5P/c1-3-8(2)20-21(17,18)11(16)9-4-6-10(7-5-9)19-12(13,14)15/h4-8,11,16H,3H2,1-2H3,(H,17,18). The van der Waals surface area contributed by atoms with E-state index in [0.29, 0.717) is 6.42 Å². The molecule has 0 fully saturated rings. The van der Waals surface area contributed by atoms with Gasteiger partial charge < -0.3 is 19.3 Å². The highest BCUT2D eigenvalue weighted by molar-refractivity contribution is 7.53. The Morgan fingerprint density at radius 1 is 1.29 bits per heavy atom. The van der Waals surface area contributed by atoms with Crippen LogP contribution in [0.3, 0.4) is 0 Å². The highest BCUT2D eigenvalue weighted by Crippen LogP contribution is 2.56. The molecule has 5 nitrogen and oxygen atoms in total. The van der Waals surface area contributed by atoms with Crippen molar-refractivity contribution in [3.05, 3.63) is 29.8 Å². The maximum atomic E-state index is 12.0. The number of rotatable bonds is 6. The minimum Gasteiger partial charge on any atom is -0.406 e. The van der Waals surface area contributed by atoms with Crippen LogP contribution in [0.25, 0.3) is 0 Å². The van der Waals surface area contributed by atoms with E-state index in [1.54, 1.807) is 13.8 Å². The van der Waals surface area contributed by atoms with E-state index in [0.717, 1.165) is 24.3 Å². The van der Waals surface area contributed by atoms with Gasteiger partial charge in [0.25, 0.3) is 0 Å². The number of halogens is 3. The van der Waals surface area contributed by atoms with Gasteiger partial charge in [0.15, 0.2) is 5.85 Å². The molecule has 0 radical (unpaired) electrons. The number of alkyl halides is 3. The molecule has 120 valence electrons. The van der Waals surface area contributed by atoms with Gasteiger partial charge in [-0.3, -0.25) is 4.57 Å². The van der Waals surface area contributed by atoms with Crippen LogP contribution < -0.4 is 4.74 Å². The van der Waals surface area contributed by atoms with Gasteiger partial charge in [0.2, 0.25) is 0 Å². The molecule has 0 saturated heterocycles. The summed E-state index contributed by atoms with van der Waals surface area (Å²) in [6, 6.07) is 4.01. The van der Waals surface area contributed by atoms with E-state index in [-0.39, 0.29) is 5.56 Å². The molecule has 3 unspecified atom stereocenters. The highest BCUT2D eigenvalue weighted by Gasteiger charge is 2.34. The van der Waals surface area contributed by atoms with Gasteiger partial charge in [-0.05, 0) is 31.0 Å². The van der Waals surface area contributed by atoms with Crippen LogP contribution in [0.1, 0.15) is 31.7 Å². The largest absolute Gasteiger partial charge is 0.573 e. The molecule has 0 aromatic heterocycles. The number of aliphatic hydroxyl groups is 1. The molecule has 0 amide bonds. The molecule has 0 aliphatic heterocycles. The number of ether oxygens (including phenoxy) is 1. The van der Waals surface area contributed by atoms with Crippen molar-refractivity contribution in [1.82, 2.24) is 0 Å². The Kier molecular flexibility index (Phi) is 5.81. The van der Waals surface area contributed by atoms with E-state index in [4.69, 9.17) is 4.52 Å². The minimum atomic E-state index is -4.83. The van der Waals surface area contributed by atoms with Gasteiger partial charge in [-0.25, -0.2) is 0 Å². The number of aliphatic hydroxyl groups excluding tert-OH is 1. The lowest BCUT2D eigenvalue weighted by Crippen LogP contribution is -2.17. The van der Waals surface area contributed by atoms with Crippen molar-refractivity contribution in [3.63, 3.8) is 0 Å². The van der Waals surface area contributed by atoms with Crippen LogP contribution in [0.5, 0.6) is 5.75 Å². The van der Waals surface area contributed by atoms with Crippen LogP contribution in [0.4, 0.5) is 13.2 Å². The molecular weight excluding hydrogens is 312 g/mol. The van der Waals surface area contributed by atoms with Crippen molar-refractivity contribution in [2.45, 2.75) is 38.6 Å². The number of hydrogen-bond acceptors (Lipinski definition) is 4. The minimum absolute atomic E-state index is 0.0429. The van der Waals surface area contributed by atoms with Gasteiger partial charge in [0, 0.05) is 0 Å². The summed E-state index contributed by atoms with van der Waals surface area (Å²) < 4.78 is 56.4. The van der Waals surface area contributed by atoms with Crippen LogP contribution in [0, 0.1) is 0 Å². The van der Waals surface area contributed by atoms with Crippen molar-refractivity contribution in [2.75, 3.05) is 0 Å². The molecule has 3 atom stereocenters. The van der Waals surface area contributed by atoms with E-state index in [1.807, 2.05) is 0 Å². The summed E-state index contributed by atoms with van der Waals surface area (Å²) in [7, 11) is -4.34. The van der Waals surface area contributed by atoms with Crippen LogP contribution in [-0.4, -0.2) is 22.5 Å². The lowest BCUT2D eigenvalue weighted by atomic mass is 10.2. The zero-order chi connectivity index (χ0) is 16.3. The summed E-state index contributed by atoms with van der Waals surface area (Å²) in [6.07, 6.45) is -4.90. The molecule has 1 aromatic carbocycles. The van der Waals surface area contributed by atoms with Gasteiger partial charge >= 0.3 is 14.0 Å². The fraction of sp³-hybridized carbons (Fsp3) is 0.500. The fourth-order valence-electron chi connectivity index (χ4n) is 1.42. The second-order valence-electron chi connectivity index (χ2n) is 4.38. The number of hydrogen-bond donors (Lipinski definition) is 2. The Labute approximate surface area is 119 Å². The third kappa shape index (κ3) is 5.67. The van der Waals surface area contributed by atoms with Crippen LogP contribution in [-0.2, 0) is 9.09 Å². The van der Waals surface area contributed by atoms with Crippen LogP contribution in [0.15, 0.2) is 24.3 Å². The summed E-state index contributed by atoms with van der Waals surface area (Å²) in [5, 5.41) is 9.82. The van der Waals surface area contributed by atoms with Crippen LogP contribution >= 0.6 is 7.60 Å². The predicted octanol–water partition coefficient (Wildman–Crippen LogP) is 3.58. The summed E-state index contributed by atoms with van der Waals surface area (Å²) in [5.41, 5.74) is -0.0429. The summed E-state index contributed by atoms with van der Waals surface area (Å²) in [4.78, 5) is 9.67. The van der Waals surface area contributed by atoms with Gasteiger partial charge in [0.05, 0.1) is 6.10 Å². The van der Waals surface area contributed by atoms with Gasteiger partial charge in [-0.15, -0.1) is 13.2 Å². The van der Waals surface area contributed by atoms with Gasteiger partial charge in [-0.2, -0.15) is 0 Å². The first-order valence-electron chi connectivity index (χ1n) is 6.10. The summed E-state index contributed by atoms with van der Waals surface area (Å²) in [5.74, 6) is -2.33. The molecule has 0 spiro atoms. The van der Waals surface area contributed by atoms with E-state index >= 15 is 0 Å². The van der Waals surface area contributed by atoms with Crippen molar-refractivity contribution in [2.24, 2.45) is 0 Å². The molecule has 1 rings (SSSR count). The third-order valence-corrected chi connectivity index (χ3v) is 4.21. The Hall–Kier alpha value is -1.08. The zero-order valence-electron chi connectivity index (χ0n) is 11.4. The van der Waals surface area contributed by atoms with Crippen molar-refractivity contribution in [1.29, 1.82) is 0 Å². The van der Waals surface area contributed by atoms with E-state index in [1.165, 1.54) is 0 Å². The third-order valence-electron chi connectivity index (χ3n) is 2.63. The highest BCUT2D eigenvalue weighted by atomic mass is 31.2. The second-order valence-corrected chi connectivity index (χ2v) is 6.21. The smallest absolute Gasteiger partial charge is 0.406 e. The topological polar surface area (TPSA) is 76.0 Å². The van der Waals surface area contributed by atoms with Gasteiger partial charge in [0.1, 0.15) is 5.75 Å². The first kappa shape index (κ1) is 18.0. The first-order chi connectivity index (χ1) is 9.55. The molecule has 0 aliphatic rings. The molecule has 0 bridgehead atoms. The summed E-state index contributed by atoms with van der Waals surface area (Å²) in [6.45, 7) is 3.30. The molecule has 21 heavy (non-hydrogen) atoms. The lowest BCUT2D eigenvalue weighted by Gasteiger charge is -2.21. The monoisotopic (exact) mass is 328 g/mol. The normalized spacial score (nSPS) is 17.9. The maximum Gasteiger partial charge on any atom is 0.573 e. The predicted molar refractivity (Wildman–Crippen MR) is 68.7 cm³/mol. The second kappa shape index (κ2) is 6.79. The summed E-state index contributed by atoms with van der Waals surface area (Å²) >= 11 is 0. The molecule has 2 N–H and O–H groups in total. The van der Waals surface area contributed by atoms with Gasteiger partial charge in [-0.1, -0.05) is 19.1 Å². The average Bonchev–Trinajstić information content (AvgIpc) is 2.36. The Bertz CT molecular complexity index is 503. The molecular formula is C12H16F3O5P. The van der Waals surface area contributed by atoms with Crippen molar-refractivity contribution < 1.29 is 37.0 Å². The Morgan fingerprint density at radius 3 is 2.24 bits per heavy atom. The molecule has 0 heterocycles. The van der Waals surface area contributed by atoms with E-state index in [2.05, 4.69) is 4.74 Å². The van der Waals surface area contributed by atoms with Crippen LogP contribution in [0.2, 0.25) is 0 Å². The van der Waals surface area contributed by atoms with Crippen molar-refractivity contribution >= 4 is 7.60 Å². The Balaban J connectivity index is 2.83. The van der Waals surface area contributed by atoms with E-state index in [9.17, 15) is 27.7 Å². The molecule has 0 saturated carbocycles.